The molecule has 0 aliphatic carbocycles. The lowest BCUT2D eigenvalue weighted by Crippen LogP contribution is -2.33. The third-order valence-corrected chi connectivity index (χ3v) is 5.36. The van der Waals surface area contributed by atoms with Gasteiger partial charge in [-0.2, -0.15) is 0 Å². The van der Waals surface area contributed by atoms with Gasteiger partial charge in [0.2, 0.25) is 0 Å². The summed E-state index contributed by atoms with van der Waals surface area (Å²) in [4.78, 5) is 24.9. The van der Waals surface area contributed by atoms with E-state index in [9.17, 15) is 14.0 Å². The molecule has 114 valence electrons. The first kappa shape index (κ1) is 16.3. The number of halogens is 2. The molecule has 2 rings (SSSR count). The van der Waals surface area contributed by atoms with Gasteiger partial charge in [-0.15, -0.1) is 0 Å². The molecule has 0 radical (unpaired) electrons. The van der Waals surface area contributed by atoms with Gasteiger partial charge in [-0.05, 0) is 18.2 Å². The maximum Gasteiger partial charge on any atom is 0.301 e. The third kappa shape index (κ3) is 3.59. The van der Waals surface area contributed by atoms with E-state index in [1.54, 1.807) is 0 Å². The van der Waals surface area contributed by atoms with Crippen molar-refractivity contribution in [1.29, 1.82) is 0 Å². The van der Waals surface area contributed by atoms with Gasteiger partial charge in [0.25, 0.3) is 5.78 Å². The van der Waals surface area contributed by atoms with E-state index in [0.717, 1.165) is 10.9 Å². The predicted molar refractivity (Wildman–Crippen MR) is 84.9 cm³/mol. The number of nitrogens with zero attached hydrogens (tertiary/aromatic N) is 1. The minimum atomic E-state index is -1.23. The summed E-state index contributed by atoms with van der Waals surface area (Å²) in [6.45, 7) is 7.05. The van der Waals surface area contributed by atoms with Crippen LogP contribution in [0.25, 0.3) is 0 Å². The van der Waals surface area contributed by atoms with Gasteiger partial charge in [-0.3, -0.25) is 14.5 Å². The van der Waals surface area contributed by atoms with E-state index in [4.69, 9.17) is 4.74 Å². The van der Waals surface area contributed by atoms with Crippen molar-refractivity contribution in [2.75, 3.05) is 18.2 Å². The predicted octanol–water partition coefficient (Wildman–Crippen LogP) is 3.43. The van der Waals surface area contributed by atoms with Crippen LogP contribution in [0.3, 0.4) is 0 Å². The zero-order valence-corrected chi connectivity index (χ0v) is 14.8. The van der Waals surface area contributed by atoms with Crippen LogP contribution in [-0.4, -0.2) is 33.1 Å². The number of benzene rings is 1. The van der Waals surface area contributed by atoms with Gasteiger partial charge in [0.1, 0.15) is 12.5 Å². The normalized spacial score (nSPS) is 14.8. The first-order chi connectivity index (χ1) is 9.70. The molecule has 0 spiro atoms. The molecule has 1 aliphatic heterocycles. The minimum absolute atomic E-state index is 0.0150. The molecule has 1 aromatic rings. The molecule has 1 aliphatic rings. The maximum atomic E-state index is 14.0. The van der Waals surface area contributed by atoms with Crippen LogP contribution in [0.15, 0.2) is 16.6 Å². The average molecular weight is 374 g/mol. The van der Waals surface area contributed by atoms with Gasteiger partial charge >= 0.3 is 5.91 Å². The topological polar surface area (TPSA) is 46.6 Å². The number of anilines is 1. The molecule has 0 bridgehead atoms. The smallest absolute Gasteiger partial charge is 0.301 e. The quantitative estimate of drug-likeness (QED) is 0.451. The molecule has 21 heavy (non-hydrogen) atoms. The van der Waals surface area contributed by atoms with Crippen molar-refractivity contribution in [2.45, 2.75) is 25.7 Å². The highest BCUT2D eigenvalue weighted by Gasteiger charge is 2.38. The van der Waals surface area contributed by atoms with Gasteiger partial charge in [0.15, 0.2) is 0 Å². The lowest BCUT2D eigenvalue weighted by atomic mass is 10.1. The van der Waals surface area contributed by atoms with Crippen molar-refractivity contribution < 1.29 is 18.7 Å². The molecule has 0 N–H and O–H groups in total. The van der Waals surface area contributed by atoms with E-state index >= 15 is 0 Å². The third-order valence-electron chi connectivity index (χ3n) is 3.20. The number of Topliss-reactive ketones (excluding diaryl/α,β-unsaturated/α-hetero) is 1. The van der Waals surface area contributed by atoms with Gasteiger partial charge in [-0.1, -0.05) is 35.6 Å². The molecule has 0 atom stereocenters. The molecule has 1 heterocycles. The molecular formula is C14H17BrFNO3Si. The van der Waals surface area contributed by atoms with Gasteiger partial charge in [0, 0.05) is 19.2 Å². The van der Waals surface area contributed by atoms with Crippen molar-refractivity contribution in [3.05, 3.63) is 28.0 Å². The summed E-state index contributed by atoms with van der Waals surface area (Å²) in [6.07, 6.45) is 0. The Kier molecular flexibility index (Phi) is 4.65. The number of carbonyl (C=O) groups excluding carboxylic acids is 2. The Morgan fingerprint density at radius 3 is 2.57 bits per heavy atom. The van der Waals surface area contributed by atoms with Gasteiger partial charge in [0.05, 0.1) is 11.3 Å². The summed E-state index contributed by atoms with van der Waals surface area (Å²) >= 11 is 3.12. The monoisotopic (exact) mass is 373 g/mol. The summed E-state index contributed by atoms with van der Waals surface area (Å²) in [6, 6.07) is 3.64. The SMILES string of the molecule is C[Si](C)(C)CCOCN1C(=O)C(=O)c2cc(Br)cc(F)c21. The number of amides is 1. The second-order valence-electron chi connectivity index (χ2n) is 6.19. The van der Waals surface area contributed by atoms with E-state index in [0.29, 0.717) is 11.1 Å². The average Bonchev–Trinajstić information content (AvgIpc) is 2.58. The molecule has 0 saturated carbocycles. The van der Waals surface area contributed by atoms with Crippen molar-refractivity contribution in [3.63, 3.8) is 0 Å². The van der Waals surface area contributed by atoms with Crippen molar-refractivity contribution in [2.24, 2.45) is 0 Å². The molecule has 4 nitrogen and oxygen atoms in total. The second kappa shape index (κ2) is 5.98. The summed E-state index contributed by atoms with van der Waals surface area (Å²) in [5.41, 5.74) is 0.0990. The fourth-order valence-electron chi connectivity index (χ4n) is 2.01. The summed E-state index contributed by atoms with van der Waals surface area (Å²) in [5, 5.41) is 0. The van der Waals surface area contributed by atoms with E-state index in [1.807, 2.05) is 0 Å². The lowest BCUT2D eigenvalue weighted by Gasteiger charge is -2.19. The maximum absolute atomic E-state index is 14.0. The summed E-state index contributed by atoms with van der Waals surface area (Å²) < 4.78 is 19.9. The van der Waals surface area contributed by atoms with Crippen molar-refractivity contribution in [3.8, 4) is 0 Å². The van der Waals surface area contributed by atoms with Gasteiger partial charge < -0.3 is 4.74 Å². The molecule has 1 aromatic carbocycles. The molecule has 0 unspecified atom stereocenters. The highest BCUT2D eigenvalue weighted by Crippen LogP contribution is 2.34. The van der Waals surface area contributed by atoms with Crippen LogP contribution in [0.4, 0.5) is 10.1 Å². The fourth-order valence-corrected chi connectivity index (χ4v) is 3.20. The zero-order chi connectivity index (χ0) is 15.8. The standard InChI is InChI=1S/C14H17BrFNO3Si/c1-21(2,3)5-4-20-8-17-12-10(13(18)14(17)19)6-9(15)7-11(12)16/h6-7H,4-5,8H2,1-3H3. The van der Waals surface area contributed by atoms with Crippen molar-refractivity contribution >= 4 is 41.4 Å². The van der Waals surface area contributed by atoms with Crippen LogP contribution in [0.1, 0.15) is 10.4 Å². The number of hydrogen-bond acceptors (Lipinski definition) is 3. The Morgan fingerprint density at radius 1 is 1.29 bits per heavy atom. The first-order valence-electron chi connectivity index (χ1n) is 6.64. The first-order valence-corrected chi connectivity index (χ1v) is 11.1. The molecule has 0 saturated heterocycles. The fraction of sp³-hybridized carbons (Fsp3) is 0.429. The van der Waals surface area contributed by atoms with Crippen molar-refractivity contribution in [1.82, 2.24) is 0 Å². The van der Waals surface area contributed by atoms with E-state index in [1.165, 1.54) is 12.1 Å². The number of rotatable bonds is 5. The minimum Gasteiger partial charge on any atom is -0.361 e. The van der Waals surface area contributed by atoms with Gasteiger partial charge in [-0.25, -0.2) is 4.39 Å². The van der Waals surface area contributed by atoms with Crippen LogP contribution in [0.2, 0.25) is 25.7 Å². The number of carbonyl (C=O) groups is 2. The van der Waals surface area contributed by atoms with Crippen LogP contribution in [-0.2, 0) is 9.53 Å². The Bertz CT molecular complexity index is 601. The van der Waals surface area contributed by atoms with Crippen LogP contribution < -0.4 is 4.90 Å². The number of hydrogen-bond donors (Lipinski definition) is 0. The summed E-state index contributed by atoms with van der Waals surface area (Å²) in [7, 11) is -1.23. The Labute approximate surface area is 132 Å². The number of ether oxygens (including phenoxy) is 1. The molecule has 0 aromatic heterocycles. The van der Waals surface area contributed by atoms with Crippen LogP contribution in [0.5, 0.6) is 0 Å². The second-order valence-corrected chi connectivity index (χ2v) is 12.7. The number of ketones is 1. The highest BCUT2D eigenvalue weighted by molar-refractivity contribution is 9.10. The Hall–Kier alpha value is -1.05. The summed E-state index contributed by atoms with van der Waals surface area (Å²) in [5.74, 6) is -2.04. The largest absolute Gasteiger partial charge is 0.361 e. The molecule has 0 fully saturated rings. The van der Waals surface area contributed by atoms with E-state index in [-0.39, 0.29) is 18.0 Å². The molecule has 7 heteroatoms. The Morgan fingerprint density at radius 2 is 1.95 bits per heavy atom. The Balaban J connectivity index is 2.12. The zero-order valence-electron chi connectivity index (χ0n) is 12.2. The number of fused-ring (bicyclic) bond motifs is 1. The van der Waals surface area contributed by atoms with E-state index < -0.39 is 25.6 Å². The highest BCUT2D eigenvalue weighted by atomic mass is 79.9. The molecule has 1 amide bonds. The van der Waals surface area contributed by atoms with Crippen LogP contribution >= 0.6 is 15.9 Å². The molecular weight excluding hydrogens is 357 g/mol. The van der Waals surface area contributed by atoms with Crippen LogP contribution in [0, 0.1) is 5.82 Å². The lowest BCUT2D eigenvalue weighted by molar-refractivity contribution is -0.115. The van der Waals surface area contributed by atoms with E-state index in [2.05, 4.69) is 35.6 Å².